The van der Waals surface area contributed by atoms with Crippen molar-refractivity contribution < 1.29 is 4.79 Å². The first kappa shape index (κ1) is 10.6. The standard InChI is InChI=1S/C11H8INOS/c12-9-3-1-8(2-4-9)11(14)13-10-5-6-15-7-10/h1-7H,(H,13,14). The highest BCUT2D eigenvalue weighted by Gasteiger charge is 2.05. The van der Waals surface area contributed by atoms with Crippen LogP contribution >= 0.6 is 33.9 Å². The van der Waals surface area contributed by atoms with Gasteiger partial charge in [0.2, 0.25) is 0 Å². The van der Waals surface area contributed by atoms with Crippen molar-refractivity contribution in [3.8, 4) is 0 Å². The van der Waals surface area contributed by atoms with Crippen LogP contribution in [0.25, 0.3) is 0 Å². The lowest BCUT2D eigenvalue weighted by molar-refractivity contribution is 0.102. The predicted molar refractivity (Wildman–Crippen MR) is 71.4 cm³/mol. The molecule has 0 saturated heterocycles. The van der Waals surface area contributed by atoms with E-state index in [2.05, 4.69) is 27.9 Å². The van der Waals surface area contributed by atoms with E-state index in [-0.39, 0.29) is 5.91 Å². The fraction of sp³-hybridized carbons (Fsp3) is 0. The van der Waals surface area contributed by atoms with Crippen molar-refractivity contribution in [1.82, 2.24) is 0 Å². The van der Waals surface area contributed by atoms with Crippen LogP contribution in [0.2, 0.25) is 0 Å². The third-order valence-corrected chi connectivity index (χ3v) is 3.29. The maximum Gasteiger partial charge on any atom is 0.255 e. The highest BCUT2D eigenvalue weighted by Crippen LogP contribution is 2.14. The minimum Gasteiger partial charge on any atom is -0.321 e. The molecule has 1 N–H and O–H groups in total. The summed E-state index contributed by atoms with van der Waals surface area (Å²) in [5.74, 6) is -0.0650. The average molecular weight is 329 g/mol. The SMILES string of the molecule is O=C(Nc1ccsc1)c1ccc(I)cc1. The van der Waals surface area contributed by atoms with Crippen LogP contribution in [0.5, 0.6) is 0 Å². The number of nitrogens with one attached hydrogen (secondary N) is 1. The molecule has 0 fully saturated rings. The van der Waals surface area contributed by atoms with Crippen molar-refractivity contribution >= 4 is 45.5 Å². The largest absolute Gasteiger partial charge is 0.321 e. The Kier molecular flexibility index (Phi) is 3.37. The zero-order valence-electron chi connectivity index (χ0n) is 7.74. The second-order valence-electron chi connectivity index (χ2n) is 2.97. The number of halogens is 1. The van der Waals surface area contributed by atoms with E-state index in [9.17, 15) is 4.79 Å². The molecule has 4 heteroatoms. The van der Waals surface area contributed by atoms with Gasteiger partial charge in [-0.15, -0.1) is 0 Å². The number of benzene rings is 1. The molecule has 2 aromatic rings. The highest BCUT2D eigenvalue weighted by atomic mass is 127. The monoisotopic (exact) mass is 329 g/mol. The lowest BCUT2D eigenvalue weighted by Crippen LogP contribution is -2.10. The van der Waals surface area contributed by atoms with Crippen LogP contribution in [0.4, 0.5) is 5.69 Å². The molecule has 0 saturated carbocycles. The van der Waals surface area contributed by atoms with E-state index >= 15 is 0 Å². The molecule has 0 radical (unpaired) electrons. The fourth-order valence-electron chi connectivity index (χ4n) is 1.14. The Labute approximate surface area is 105 Å². The molecule has 0 atom stereocenters. The third-order valence-electron chi connectivity index (χ3n) is 1.89. The predicted octanol–water partition coefficient (Wildman–Crippen LogP) is 3.61. The van der Waals surface area contributed by atoms with Crippen LogP contribution in [0.3, 0.4) is 0 Å². The Balaban J connectivity index is 2.11. The summed E-state index contributed by atoms with van der Waals surface area (Å²) < 4.78 is 1.12. The van der Waals surface area contributed by atoms with Crippen LogP contribution in [0.1, 0.15) is 10.4 Å². The molecule has 1 heterocycles. The second-order valence-corrected chi connectivity index (χ2v) is 5.00. The molecule has 2 nitrogen and oxygen atoms in total. The summed E-state index contributed by atoms with van der Waals surface area (Å²) in [6.45, 7) is 0. The molecule has 0 aliphatic carbocycles. The molecule has 2 rings (SSSR count). The van der Waals surface area contributed by atoms with Crippen LogP contribution in [0.15, 0.2) is 41.1 Å². The van der Waals surface area contributed by atoms with Crippen LogP contribution in [-0.4, -0.2) is 5.91 Å². The Morgan fingerprint density at radius 3 is 2.53 bits per heavy atom. The van der Waals surface area contributed by atoms with E-state index in [1.54, 1.807) is 11.3 Å². The van der Waals surface area contributed by atoms with Crippen molar-refractivity contribution in [3.63, 3.8) is 0 Å². The van der Waals surface area contributed by atoms with E-state index in [1.165, 1.54) is 0 Å². The topological polar surface area (TPSA) is 29.1 Å². The first-order valence-corrected chi connectivity index (χ1v) is 6.37. The van der Waals surface area contributed by atoms with Gasteiger partial charge < -0.3 is 5.32 Å². The van der Waals surface area contributed by atoms with Gasteiger partial charge in [-0.3, -0.25) is 4.79 Å². The Bertz CT molecular complexity index is 450. The van der Waals surface area contributed by atoms with Crippen molar-refractivity contribution in [2.24, 2.45) is 0 Å². The van der Waals surface area contributed by atoms with Gasteiger partial charge in [-0.05, 0) is 58.3 Å². The number of rotatable bonds is 2. The first-order chi connectivity index (χ1) is 7.25. The molecule has 0 unspecified atom stereocenters. The molecule has 1 aromatic heterocycles. The highest BCUT2D eigenvalue weighted by molar-refractivity contribution is 14.1. The van der Waals surface area contributed by atoms with Crippen molar-refractivity contribution in [1.29, 1.82) is 0 Å². The number of carbonyl (C=O) groups excluding carboxylic acids is 1. The summed E-state index contributed by atoms with van der Waals surface area (Å²) >= 11 is 3.78. The van der Waals surface area contributed by atoms with E-state index in [1.807, 2.05) is 41.1 Å². The van der Waals surface area contributed by atoms with Gasteiger partial charge in [0.25, 0.3) is 5.91 Å². The summed E-state index contributed by atoms with van der Waals surface area (Å²) in [7, 11) is 0. The van der Waals surface area contributed by atoms with Gasteiger partial charge in [0.05, 0.1) is 5.69 Å². The molecule has 1 amide bonds. The normalized spacial score (nSPS) is 9.93. The number of thiophene rings is 1. The molecule has 0 spiro atoms. The molecular weight excluding hydrogens is 321 g/mol. The maximum absolute atomic E-state index is 11.7. The maximum atomic E-state index is 11.7. The zero-order valence-corrected chi connectivity index (χ0v) is 10.7. The molecule has 0 aliphatic rings. The number of carbonyl (C=O) groups is 1. The van der Waals surface area contributed by atoms with Gasteiger partial charge in [0.1, 0.15) is 0 Å². The average Bonchev–Trinajstić information content (AvgIpc) is 2.71. The molecular formula is C11H8INOS. The Hall–Kier alpha value is -0.880. The van der Waals surface area contributed by atoms with Gasteiger partial charge >= 0.3 is 0 Å². The van der Waals surface area contributed by atoms with Gasteiger partial charge in [0.15, 0.2) is 0 Å². The molecule has 1 aromatic carbocycles. The van der Waals surface area contributed by atoms with Gasteiger partial charge in [-0.2, -0.15) is 11.3 Å². The minimum absolute atomic E-state index is 0.0650. The summed E-state index contributed by atoms with van der Waals surface area (Å²) in [4.78, 5) is 11.7. The molecule has 0 bridgehead atoms. The van der Waals surface area contributed by atoms with Gasteiger partial charge in [0, 0.05) is 14.5 Å². The van der Waals surface area contributed by atoms with E-state index in [0.717, 1.165) is 9.26 Å². The lowest BCUT2D eigenvalue weighted by Gasteiger charge is -2.02. The number of amides is 1. The second kappa shape index (κ2) is 4.76. The van der Waals surface area contributed by atoms with Gasteiger partial charge in [-0.1, -0.05) is 0 Å². The molecule has 76 valence electrons. The van der Waals surface area contributed by atoms with Crippen molar-refractivity contribution in [2.45, 2.75) is 0 Å². The number of hydrogen-bond donors (Lipinski definition) is 1. The summed E-state index contributed by atoms with van der Waals surface area (Å²) in [6, 6.07) is 9.37. The first-order valence-electron chi connectivity index (χ1n) is 4.35. The Morgan fingerprint density at radius 2 is 1.93 bits per heavy atom. The van der Waals surface area contributed by atoms with Crippen molar-refractivity contribution in [3.05, 3.63) is 50.2 Å². The van der Waals surface area contributed by atoms with E-state index in [4.69, 9.17) is 0 Å². The van der Waals surface area contributed by atoms with Crippen LogP contribution in [-0.2, 0) is 0 Å². The third kappa shape index (κ3) is 2.79. The van der Waals surface area contributed by atoms with Gasteiger partial charge in [-0.25, -0.2) is 0 Å². The van der Waals surface area contributed by atoms with Crippen LogP contribution in [0, 0.1) is 3.57 Å². The summed E-state index contributed by atoms with van der Waals surface area (Å²) in [5.41, 5.74) is 1.53. The lowest BCUT2D eigenvalue weighted by atomic mass is 10.2. The zero-order chi connectivity index (χ0) is 10.7. The van der Waals surface area contributed by atoms with Crippen molar-refractivity contribution in [2.75, 3.05) is 5.32 Å². The minimum atomic E-state index is -0.0650. The Morgan fingerprint density at radius 1 is 1.20 bits per heavy atom. The smallest absolute Gasteiger partial charge is 0.255 e. The van der Waals surface area contributed by atoms with E-state index in [0.29, 0.717) is 5.56 Å². The number of hydrogen-bond acceptors (Lipinski definition) is 2. The van der Waals surface area contributed by atoms with Crippen LogP contribution < -0.4 is 5.32 Å². The number of anilines is 1. The molecule has 0 aliphatic heterocycles. The fourth-order valence-corrected chi connectivity index (χ4v) is 2.09. The quantitative estimate of drug-likeness (QED) is 0.838. The summed E-state index contributed by atoms with van der Waals surface area (Å²) in [5, 5.41) is 6.67. The summed E-state index contributed by atoms with van der Waals surface area (Å²) in [6.07, 6.45) is 0. The van der Waals surface area contributed by atoms with E-state index < -0.39 is 0 Å². The molecule has 15 heavy (non-hydrogen) atoms.